The summed E-state index contributed by atoms with van der Waals surface area (Å²) in [6.45, 7) is 3.85. The van der Waals surface area contributed by atoms with Gasteiger partial charge in [-0.25, -0.2) is 0 Å². The number of hydrogen-bond acceptors (Lipinski definition) is 2. The highest BCUT2D eigenvalue weighted by molar-refractivity contribution is 6.25. The number of halogens is 4. The van der Waals surface area contributed by atoms with Crippen molar-refractivity contribution in [1.29, 1.82) is 0 Å². The average Bonchev–Trinajstić information content (AvgIpc) is 2.45. The molecule has 0 spiro atoms. The SMILES string of the molecule is FC(F)(F)c1cccc(N2CCN(CC=CCl)CC2)c1. The minimum absolute atomic E-state index is 0.595. The van der Waals surface area contributed by atoms with E-state index in [-0.39, 0.29) is 0 Å². The Hall–Kier alpha value is -1.20. The molecule has 0 atom stereocenters. The summed E-state index contributed by atoms with van der Waals surface area (Å²) in [6.07, 6.45) is -2.43. The van der Waals surface area contributed by atoms with Crippen molar-refractivity contribution in [1.82, 2.24) is 4.90 Å². The van der Waals surface area contributed by atoms with Crippen LogP contribution in [0.1, 0.15) is 5.56 Å². The molecule has 6 heteroatoms. The van der Waals surface area contributed by atoms with Gasteiger partial charge in [-0.2, -0.15) is 13.2 Å². The van der Waals surface area contributed by atoms with Crippen molar-refractivity contribution in [2.45, 2.75) is 6.18 Å². The van der Waals surface area contributed by atoms with E-state index < -0.39 is 11.7 Å². The Balaban J connectivity index is 2.00. The van der Waals surface area contributed by atoms with E-state index in [0.717, 1.165) is 38.8 Å². The van der Waals surface area contributed by atoms with E-state index in [1.165, 1.54) is 17.7 Å². The summed E-state index contributed by atoms with van der Waals surface area (Å²) in [4.78, 5) is 4.19. The third kappa shape index (κ3) is 3.90. The molecule has 1 aliphatic rings. The molecule has 2 rings (SSSR count). The Morgan fingerprint density at radius 1 is 1.15 bits per heavy atom. The summed E-state index contributed by atoms with van der Waals surface area (Å²) < 4.78 is 38.1. The third-order valence-corrected chi connectivity index (χ3v) is 3.54. The molecule has 20 heavy (non-hydrogen) atoms. The number of nitrogens with zero attached hydrogens (tertiary/aromatic N) is 2. The first-order valence-corrected chi connectivity index (χ1v) is 6.84. The Morgan fingerprint density at radius 2 is 1.85 bits per heavy atom. The van der Waals surface area contributed by atoms with Crippen molar-refractivity contribution >= 4 is 17.3 Å². The molecule has 2 nitrogen and oxygen atoms in total. The maximum Gasteiger partial charge on any atom is 0.416 e. The van der Waals surface area contributed by atoms with Crippen LogP contribution in [0.25, 0.3) is 0 Å². The van der Waals surface area contributed by atoms with Gasteiger partial charge in [0.2, 0.25) is 0 Å². The van der Waals surface area contributed by atoms with Gasteiger partial charge in [-0.15, -0.1) is 0 Å². The van der Waals surface area contributed by atoms with Gasteiger partial charge in [0.15, 0.2) is 0 Å². The van der Waals surface area contributed by atoms with Crippen molar-refractivity contribution in [3.8, 4) is 0 Å². The molecule has 0 aromatic heterocycles. The van der Waals surface area contributed by atoms with Crippen molar-refractivity contribution in [3.63, 3.8) is 0 Å². The van der Waals surface area contributed by atoms with Crippen LogP contribution in [0.3, 0.4) is 0 Å². The first kappa shape index (κ1) is 15.2. The predicted octanol–water partition coefficient (Wildman–Crippen LogP) is 3.58. The van der Waals surface area contributed by atoms with Crippen LogP contribution in [0.4, 0.5) is 18.9 Å². The van der Waals surface area contributed by atoms with Gasteiger partial charge in [-0.05, 0) is 18.2 Å². The van der Waals surface area contributed by atoms with E-state index in [1.54, 1.807) is 6.07 Å². The fraction of sp³-hybridized carbons (Fsp3) is 0.429. The van der Waals surface area contributed by atoms with E-state index in [4.69, 9.17) is 11.6 Å². The van der Waals surface area contributed by atoms with Crippen molar-refractivity contribution in [2.75, 3.05) is 37.6 Å². The van der Waals surface area contributed by atoms with Crippen molar-refractivity contribution < 1.29 is 13.2 Å². The summed E-state index contributed by atoms with van der Waals surface area (Å²) in [6, 6.07) is 5.50. The minimum atomic E-state index is -4.29. The lowest BCUT2D eigenvalue weighted by atomic mass is 10.1. The summed E-state index contributed by atoms with van der Waals surface area (Å²) >= 11 is 5.48. The molecule has 0 bridgehead atoms. The quantitative estimate of drug-likeness (QED) is 0.842. The topological polar surface area (TPSA) is 6.48 Å². The maximum absolute atomic E-state index is 12.7. The Labute approximate surface area is 121 Å². The van der Waals surface area contributed by atoms with Gasteiger partial charge in [-0.3, -0.25) is 4.90 Å². The first-order chi connectivity index (χ1) is 9.50. The first-order valence-electron chi connectivity index (χ1n) is 6.40. The van der Waals surface area contributed by atoms with Crippen LogP contribution in [-0.2, 0) is 6.18 Å². The summed E-state index contributed by atoms with van der Waals surface area (Å²) in [7, 11) is 0. The normalized spacial score (nSPS) is 17.9. The summed E-state index contributed by atoms with van der Waals surface area (Å²) in [5, 5.41) is 0. The zero-order chi connectivity index (χ0) is 14.6. The fourth-order valence-electron chi connectivity index (χ4n) is 2.26. The molecule has 1 aromatic rings. The predicted molar refractivity (Wildman–Crippen MR) is 75.1 cm³/mol. The van der Waals surface area contributed by atoms with E-state index in [9.17, 15) is 13.2 Å². The molecular formula is C14H16ClF3N2. The fourth-order valence-corrected chi connectivity index (χ4v) is 2.34. The monoisotopic (exact) mass is 304 g/mol. The number of benzene rings is 1. The van der Waals surface area contributed by atoms with E-state index in [0.29, 0.717) is 5.69 Å². The van der Waals surface area contributed by atoms with Crippen LogP contribution in [-0.4, -0.2) is 37.6 Å². The van der Waals surface area contributed by atoms with Gasteiger partial charge in [0.05, 0.1) is 5.56 Å². The summed E-state index contributed by atoms with van der Waals surface area (Å²) in [5.41, 5.74) is 1.52. The van der Waals surface area contributed by atoms with E-state index >= 15 is 0 Å². The van der Waals surface area contributed by atoms with Gasteiger partial charge in [0.25, 0.3) is 0 Å². The molecule has 1 saturated heterocycles. The number of rotatable bonds is 3. The molecule has 0 N–H and O–H groups in total. The smallest absolute Gasteiger partial charge is 0.369 e. The van der Waals surface area contributed by atoms with Crippen LogP contribution < -0.4 is 4.90 Å². The van der Waals surface area contributed by atoms with Crippen LogP contribution in [0.5, 0.6) is 0 Å². The second-order valence-corrected chi connectivity index (χ2v) is 4.95. The minimum Gasteiger partial charge on any atom is -0.369 e. The number of anilines is 1. The molecule has 1 fully saturated rings. The van der Waals surface area contributed by atoms with Gasteiger partial charge >= 0.3 is 6.18 Å². The number of hydrogen-bond donors (Lipinski definition) is 0. The van der Waals surface area contributed by atoms with Crippen molar-refractivity contribution in [2.24, 2.45) is 0 Å². The highest BCUT2D eigenvalue weighted by Gasteiger charge is 2.31. The largest absolute Gasteiger partial charge is 0.416 e. The lowest BCUT2D eigenvalue weighted by molar-refractivity contribution is -0.137. The average molecular weight is 305 g/mol. The second kappa shape index (κ2) is 6.50. The second-order valence-electron chi connectivity index (χ2n) is 4.70. The summed E-state index contributed by atoms with van der Waals surface area (Å²) in [5.74, 6) is 0. The van der Waals surface area contributed by atoms with Crippen LogP contribution >= 0.6 is 11.6 Å². The van der Waals surface area contributed by atoms with Gasteiger partial charge in [0.1, 0.15) is 0 Å². The molecule has 1 aromatic carbocycles. The van der Waals surface area contributed by atoms with E-state index in [1.807, 2.05) is 11.0 Å². The zero-order valence-electron chi connectivity index (χ0n) is 10.9. The molecule has 0 saturated carbocycles. The van der Waals surface area contributed by atoms with Crippen LogP contribution in [0.15, 0.2) is 35.9 Å². The number of alkyl halides is 3. The molecular weight excluding hydrogens is 289 g/mol. The molecule has 1 heterocycles. The zero-order valence-corrected chi connectivity index (χ0v) is 11.7. The molecule has 1 aliphatic heterocycles. The molecule has 0 aliphatic carbocycles. The third-order valence-electron chi connectivity index (χ3n) is 3.36. The molecule has 110 valence electrons. The Bertz CT molecular complexity index is 466. The van der Waals surface area contributed by atoms with Crippen molar-refractivity contribution in [3.05, 3.63) is 41.4 Å². The number of piperazine rings is 1. The van der Waals surface area contributed by atoms with Crippen LogP contribution in [0, 0.1) is 0 Å². The van der Waals surface area contributed by atoms with Gasteiger partial charge in [-0.1, -0.05) is 23.7 Å². The lowest BCUT2D eigenvalue weighted by Crippen LogP contribution is -2.46. The molecule has 0 radical (unpaired) electrons. The lowest BCUT2D eigenvalue weighted by Gasteiger charge is -2.35. The van der Waals surface area contributed by atoms with Gasteiger partial charge in [0, 0.05) is 43.9 Å². The highest BCUT2D eigenvalue weighted by atomic mass is 35.5. The molecule has 0 amide bonds. The standard InChI is InChI=1S/C14H16ClF3N2/c15-5-2-6-19-7-9-20(10-8-19)13-4-1-3-12(11-13)14(16,17)18/h1-5,11H,6-10H2. The maximum atomic E-state index is 12.7. The Kier molecular flexibility index (Phi) is 4.94. The van der Waals surface area contributed by atoms with Crippen LogP contribution in [0.2, 0.25) is 0 Å². The molecule has 0 unspecified atom stereocenters. The van der Waals surface area contributed by atoms with Gasteiger partial charge < -0.3 is 4.90 Å². The Morgan fingerprint density at radius 3 is 2.45 bits per heavy atom. The highest BCUT2D eigenvalue weighted by Crippen LogP contribution is 2.31. The van der Waals surface area contributed by atoms with E-state index in [2.05, 4.69) is 4.90 Å².